The summed E-state index contributed by atoms with van der Waals surface area (Å²) in [5, 5.41) is 7.88. The van der Waals surface area contributed by atoms with Crippen LogP contribution in [0.15, 0.2) is 30.7 Å². The fourth-order valence-electron chi connectivity index (χ4n) is 1.97. The van der Waals surface area contributed by atoms with Gasteiger partial charge < -0.3 is 11.1 Å². The Morgan fingerprint density at radius 1 is 1.44 bits per heavy atom. The Kier molecular flexibility index (Phi) is 3.94. The molecule has 5 nitrogen and oxygen atoms in total. The first-order chi connectivity index (χ1) is 8.70. The molecule has 0 amide bonds. The number of hydrogen-bond acceptors (Lipinski definition) is 4. The molecule has 0 aliphatic rings. The number of nitrogens with one attached hydrogen (secondary N) is 1. The van der Waals surface area contributed by atoms with Crippen LogP contribution in [0.1, 0.15) is 24.2 Å². The van der Waals surface area contributed by atoms with Gasteiger partial charge in [0.25, 0.3) is 0 Å². The van der Waals surface area contributed by atoms with Crippen molar-refractivity contribution in [3.05, 3.63) is 42.0 Å². The maximum absolute atomic E-state index is 5.95. The molecular formula is C13H19N5. The number of nitrogens with two attached hydrogens (primary N) is 1. The molecule has 0 fully saturated rings. The zero-order chi connectivity index (χ0) is 13.0. The summed E-state index contributed by atoms with van der Waals surface area (Å²) >= 11 is 0. The molecule has 96 valence electrons. The molecule has 2 heterocycles. The van der Waals surface area contributed by atoms with Gasteiger partial charge in [0.15, 0.2) is 0 Å². The van der Waals surface area contributed by atoms with E-state index < -0.39 is 0 Å². The summed E-state index contributed by atoms with van der Waals surface area (Å²) in [6, 6.07) is 4.03. The van der Waals surface area contributed by atoms with Gasteiger partial charge in [0.05, 0.1) is 11.7 Å². The van der Waals surface area contributed by atoms with Gasteiger partial charge in [-0.05, 0) is 30.7 Å². The van der Waals surface area contributed by atoms with Crippen molar-refractivity contribution in [1.29, 1.82) is 0 Å². The summed E-state index contributed by atoms with van der Waals surface area (Å²) in [5.74, 6) is 0. The molecule has 0 saturated carbocycles. The largest absolute Gasteiger partial charge is 0.398 e. The summed E-state index contributed by atoms with van der Waals surface area (Å²) in [6.45, 7) is 2.98. The highest BCUT2D eigenvalue weighted by Gasteiger charge is 2.15. The molecule has 3 N–H and O–H groups in total. The van der Waals surface area contributed by atoms with Crippen LogP contribution in [0.5, 0.6) is 0 Å². The first-order valence-corrected chi connectivity index (χ1v) is 6.12. The molecule has 2 rings (SSSR count). The molecule has 1 atom stereocenters. The van der Waals surface area contributed by atoms with E-state index in [1.165, 1.54) is 0 Å². The minimum atomic E-state index is 0.169. The second kappa shape index (κ2) is 5.64. The predicted octanol–water partition coefficient (Wildman–Crippen LogP) is 1.29. The van der Waals surface area contributed by atoms with Crippen molar-refractivity contribution in [3.63, 3.8) is 0 Å². The van der Waals surface area contributed by atoms with E-state index in [2.05, 4.69) is 22.3 Å². The first-order valence-electron chi connectivity index (χ1n) is 6.12. The van der Waals surface area contributed by atoms with E-state index in [-0.39, 0.29) is 6.04 Å². The summed E-state index contributed by atoms with van der Waals surface area (Å²) in [6.07, 6.45) is 6.28. The highest BCUT2D eigenvalue weighted by Crippen LogP contribution is 2.19. The number of aryl methyl sites for hydroxylation is 1. The number of nitrogens with zero attached hydrogens (tertiary/aromatic N) is 3. The number of pyridine rings is 1. The van der Waals surface area contributed by atoms with E-state index >= 15 is 0 Å². The second-order valence-electron chi connectivity index (χ2n) is 4.30. The zero-order valence-corrected chi connectivity index (χ0v) is 10.8. The Balaban J connectivity index is 2.19. The Morgan fingerprint density at radius 2 is 2.28 bits per heavy atom. The zero-order valence-electron chi connectivity index (χ0n) is 10.8. The highest BCUT2D eigenvalue weighted by atomic mass is 15.3. The van der Waals surface area contributed by atoms with Gasteiger partial charge in [0, 0.05) is 31.3 Å². The molecule has 0 bridgehead atoms. The van der Waals surface area contributed by atoms with E-state index in [0.717, 1.165) is 29.9 Å². The van der Waals surface area contributed by atoms with Gasteiger partial charge in [-0.2, -0.15) is 5.10 Å². The van der Waals surface area contributed by atoms with Crippen molar-refractivity contribution >= 4 is 5.69 Å². The molecule has 1 unspecified atom stereocenters. The maximum Gasteiger partial charge on any atom is 0.0797 e. The van der Waals surface area contributed by atoms with Crippen LogP contribution >= 0.6 is 0 Å². The van der Waals surface area contributed by atoms with Gasteiger partial charge in [-0.15, -0.1) is 0 Å². The number of aromatic nitrogens is 3. The quantitative estimate of drug-likeness (QED) is 0.833. The smallest absolute Gasteiger partial charge is 0.0797 e. The monoisotopic (exact) mass is 245 g/mol. The van der Waals surface area contributed by atoms with E-state index in [1.54, 1.807) is 6.20 Å². The molecule has 0 aliphatic heterocycles. The lowest BCUT2D eigenvalue weighted by atomic mass is 10.0. The van der Waals surface area contributed by atoms with Crippen molar-refractivity contribution in [2.24, 2.45) is 7.05 Å². The van der Waals surface area contributed by atoms with Crippen molar-refractivity contribution in [3.8, 4) is 0 Å². The van der Waals surface area contributed by atoms with Gasteiger partial charge in [0.2, 0.25) is 0 Å². The van der Waals surface area contributed by atoms with Crippen LogP contribution in [0.2, 0.25) is 0 Å². The Labute approximate surface area is 107 Å². The third-order valence-corrected chi connectivity index (χ3v) is 2.91. The van der Waals surface area contributed by atoms with Crippen LogP contribution in [0.4, 0.5) is 5.69 Å². The van der Waals surface area contributed by atoms with Gasteiger partial charge >= 0.3 is 0 Å². The number of rotatable bonds is 5. The molecule has 0 radical (unpaired) electrons. The van der Waals surface area contributed by atoms with Crippen LogP contribution < -0.4 is 11.1 Å². The first kappa shape index (κ1) is 12.6. The number of hydrogen-bond donors (Lipinski definition) is 2. The average Bonchev–Trinajstić information content (AvgIpc) is 2.78. The molecule has 2 aromatic heterocycles. The molecule has 0 saturated heterocycles. The van der Waals surface area contributed by atoms with Crippen LogP contribution in [-0.4, -0.2) is 21.3 Å². The lowest BCUT2D eigenvalue weighted by molar-refractivity contribution is 0.528. The normalized spacial score (nSPS) is 12.6. The van der Waals surface area contributed by atoms with Crippen LogP contribution in [0.3, 0.4) is 0 Å². The molecule has 0 aromatic carbocycles. The minimum Gasteiger partial charge on any atom is -0.398 e. The SMILES string of the molecule is CCNC(Cc1cnccc1N)c1ccn(C)n1. The summed E-state index contributed by atoms with van der Waals surface area (Å²) < 4.78 is 1.81. The van der Waals surface area contributed by atoms with Crippen molar-refractivity contribution in [2.75, 3.05) is 12.3 Å². The average molecular weight is 245 g/mol. The summed E-state index contributed by atoms with van der Waals surface area (Å²) in [4.78, 5) is 4.12. The molecule has 5 heteroatoms. The Hall–Kier alpha value is -1.88. The van der Waals surface area contributed by atoms with Gasteiger partial charge in [0.1, 0.15) is 0 Å². The summed E-state index contributed by atoms with van der Waals surface area (Å²) in [7, 11) is 1.92. The molecule has 18 heavy (non-hydrogen) atoms. The van der Waals surface area contributed by atoms with Crippen molar-refractivity contribution < 1.29 is 0 Å². The molecule has 0 aliphatic carbocycles. The lowest BCUT2D eigenvalue weighted by Gasteiger charge is -2.16. The molecular weight excluding hydrogens is 226 g/mol. The molecule has 2 aromatic rings. The van der Waals surface area contributed by atoms with Crippen LogP contribution in [-0.2, 0) is 13.5 Å². The van der Waals surface area contributed by atoms with Crippen LogP contribution in [0, 0.1) is 0 Å². The summed E-state index contributed by atoms with van der Waals surface area (Å²) in [5.41, 5.74) is 8.82. The van der Waals surface area contributed by atoms with Gasteiger partial charge in [-0.25, -0.2) is 0 Å². The second-order valence-corrected chi connectivity index (χ2v) is 4.30. The fourth-order valence-corrected chi connectivity index (χ4v) is 1.97. The van der Waals surface area contributed by atoms with E-state index in [1.807, 2.05) is 36.3 Å². The Bertz CT molecular complexity index is 506. The molecule has 0 spiro atoms. The predicted molar refractivity (Wildman–Crippen MR) is 72.0 cm³/mol. The van der Waals surface area contributed by atoms with E-state index in [4.69, 9.17) is 5.73 Å². The maximum atomic E-state index is 5.95. The lowest BCUT2D eigenvalue weighted by Crippen LogP contribution is -2.24. The van der Waals surface area contributed by atoms with Gasteiger partial charge in [-0.1, -0.05) is 6.92 Å². The third-order valence-electron chi connectivity index (χ3n) is 2.91. The Morgan fingerprint density at radius 3 is 2.89 bits per heavy atom. The number of likely N-dealkylation sites (N-methyl/N-ethyl adjacent to an activating group) is 1. The number of nitrogen functional groups attached to an aromatic ring is 1. The third kappa shape index (κ3) is 2.87. The van der Waals surface area contributed by atoms with Crippen molar-refractivity contribution in [1.82, 2.24) is 20.1 Å². The van der Waals surface area contributed by atoms with Crippen molar-refractivity contribution in [2.45, 2.75) is 19.4 Å². The standard InChI is InChI=1S/C13H19N5/c1-3-16-13(12-5-7-18(2)17-12)8-10-9-15-6-4-11(10)14/h4-7,9,13,16H,3,8H2,1-2H3,(H2,14,15). The van der Waals surface area contributed by atoms with Gasteiger partial charge in [-0.3, -0.25) is 9.67 Å². The minimum absolute atomic E-state index is 0.169. The van der Waals surface area contributed by atoms with E-state index in [9.17, 15) is 0 Å². The van der Waals surface area contributed by atoms with Crippen LogP contribution in [0.25, 0.3) is 0 Å². The number of anilines is 1. The van der Waals surface area contributed by atoms with E-state index in [0.29, 0.717) is 0 Å². The topological polar surface area (TPSA) is 68.8 Å². The highest BCUT2D eigenvalue weighted by molar-refractivity contribution is 5.44. The fraction of sp³-hybridized carbons (Fsp3) is 0.385.